The zero-order valence-corrected chi connectivity index (χ0v) is 13.5. The van der Waals surface area contributed by atoms with Crippen LogP contribution in [0.25, 0.3) is 0 Å². The van der Waals surface area contributed by atoms with Gasteiger partial charge in [-0.15, -0.1) is 0 Å². The molecule has 0 atom stereocenters. The van der Waals surface area contributed by atoms with Crippen LogP contribution in [0.4, 0.5) is 5.69 Å². The lowest BCUT2D eigenvalue weighted by Crippen LogP contribution is -2.26. The Kier molecular flexibility index (Phi) is 4.99. The van der Waals surface area contributed by atoms with Crippen LogP contribution in [0.3, 0.4) is 0 Å². The van der Waals surface area contributed by atoms with Crippen molar-refractivity contribution in [3.63, 3.8) is 0 Å². The summed E-state index contributed by atoms with van der Waals surface area (Å²) in [5.41, 5.74) is 7.34. The summed E-state index contributed by atoms with van der Waals surface area (Å²) in [6, 6.07) is 10.4. The number of carbonyl (C=O) groups is 1. The molecule has 0 aromatic heterocycles. The van der Waals surface area contributed by atoms with E-state index < -0.39 is 0 Å². The minimum Gasteiger partial charge on any atom is -0.397 e. The van der Waals surface area contributed by atoms with Crippen LogP contribution in [-0.4, -0.2) is 17.9 Å². The van der Waals surface area contributed by atoms with Crippen LogP contribution in [0.2, 0.25) is 15.1 Å². The third kappa shape index (κ3) is 3.82. The first-order chi connectivity index (χ1) is 9.88. The highest BCUT2D eigenvalue weighted by atomic mass is 35.5. The van der Waals surface area contributed by atoms with E-state index >= 15 is 0 Å². The van der Waals surface area contributed by atoms with Gasteiger partial charge in [0, 0.05) is 24.2 Å². The lowest BCUT2D eigenvalue weighted by Gasteiger charge is -2.18. The highest BCUT2D eigenvalue weighted by Gasteiger charge is 2.15. The van der Waals surface area contributed by atoms with Crippen LogP contribution in [0.1, 0.15) is 15.9 Å². The number of nitrogens with two attached hydrogens (primary N) is 1. The monoisotopic (exact) mass is 342 g/mol. The first-order valence-electron chi connectivity index (χ1n) is 6.13. The predicted octanol–water partition coefficient (Wildman–Crippen LogP) is 4.50. The van der Waals surface area contributed by atoms with Crippen molar-refractivity contribution < 1.29 is 4.79 Å². The summed E-state index contributed by atoms with van der Waals surface area (Å²) in [5.74, 6) is -0.194. The van der Waals surface area contributed by atoms with Crippen LogP contribution in [0, 0.1) is 0 Å². The molecule has 0 aliphatic carbocycles. The van der Waals surface area contributed by atoms with Gasteiger partial charge in [0.2, 0.25) is 0 Å². The Balaban J connectivity index is 2.20. The molecule has 0 radical (unpaired) electrons. The van der Waals surface area contributed by atoms with Gasteiger partial charge in [-0.2, -0.15) is 0 Å². The molecule has 2 aromatic carbocycles. The third-order valence-electron chi connectivity index (χ3n) is 2.96. The van der Waals surface area contributed by atoms with Crippen molar-refractivity contribution in [2.45, 2.75) is 6.54 Å². The number of hydrogen-bond acceptors (Lipinski definition) is 2. The van der Waals surface area contributed by atoms with E-state index in [1.165, 1.54) is 12.1 Å². The summed E-state index contributed by atoms with van der Waals surface area (Å²) in [4.78, 5) is 13.9. The molecular weight excluding hydrogens is 331 g/mol. The number of nitrogens with zero attached hydrogens (tertiary/aromatic N) is 1. The maximum absolute atomic E-state index is 12.4. The molecule has 1 amide bonds. The Bertz CT molecular complexity index is 665. The highest BCUT2D eigenvalue weighted by molar-refractivity contribution is 6.43. The van der Waals surface area contributed by atoms with E-state index in [2.05, 4.69) is 0 Å². The maximum atomic E-state index is 12.4. The van der Waals surface area contributed by atoms with E-state index in [1.54, 1.807) is 18.0 Å². The van der Waals surface area contributed by atoms with Crippen LogP contribution in [0.5, 0.6) is 0 Å². The molecule has 0 spiro atoms. The summed E-state index contributed by atoms with van der Waals surface area (Å²) < 4.78 is 0. The van der Waals surface area contributed by atoms with Gasteiger partial charge < -0.3 is 10.6 Å². The second-order valence-corrected chi connectivity index (χ2v) is 5.87. The Hall–Kier alpha value is -1.42. The molecule has 110 valence electrons. The Morgan fingerprint density at radius 2 is 1.90 bits per heavy atom. The molecule has 0 aliphatic rings. The molecule has 2 rings (SSSR count). The summed E-state index contributed by atoms with van der Waals surface area (Å²) in [6.07, 6.45) is 0. The third-order valence-corrected chi connectivity index (χ3v) is 4.01. The van der Waals surface area contributed by atoms with E-state index in [4.69, 9.17) is 40.5 Å². The predicted molar refractivity (Wildman–Crippen MR) is 88.1 cm³/mol. The molecule has 6 heteroatoms. The minimum atomic E-state index is -0.194. The van der Waals surface area contributed by atoms with E-state index in [1.807, 2.05) is 18.2 Å². The standard InChI is InChI=1S/C15H13Cl3N2O/c1-20(8-9-3-2-4-11(16)5-9)15(21)10-6-12(17)14(18)13(19)7-10/h2-7H,8,19H2,1H3. The fraction of sp³-hybridized carbons (Fsp3) is 0.133. The number of hydrogen-bond donors (Lipinski definition) is 1. The van der Waals surface area contributed by atoms with Crippen molar-refractivity contribution >= 4 is 46.4 Å². The van der Waals surface area contributed by atoms with Gasteiger partial charge in [-0.05, 0) is 29.8 Å². The largest absolute Gasteiger partial charge is 0.397 e. The summed E-state index contributed by atoms with van der Waals surface area (Å²) >= 11 is 17.8. The molecule has 2 aromatic rings. The van der Waals surface area contributed by atoms with Crippen molar-refractivity contribution in [3.05, 3.63) is 62.6 Å². The van der Waals surface area contributed by atoms with Gasteiger partial charge in [0.15, 0.2) is 0 Å². The quantitative estimate of drug-likeness (QED) is 0.834. The zero-order valence-electron chi connectivity index (χ0n) is 11.2. The van der Waals surface area contributed by atoms with Gasteiger partial charge in [-0.25, -0.2) is 0 Å². The molecule has 0 saturated heterocycles. The normalized spacial score (nSPS) is 10.5. The van der Waals surface area contributed by atoms with E-state index in [0.717, 1.165) is 5.56 Å². The summed E-state index contributed by atoms with van der Waals surface area (Å²) in [6.45, 7) is 0.430. The minimum absolute atomic E-state index is 0.194. The Labute approximate surface area is 138 Å². The Morgan fingerprint density at radius 3 is 2.52 bits per heavy atom. The van der Waals surface area contributed by atoms with Gasteiger partial charge in [-0.1, -0.05) is 46.9 Å². The average molecular weight is 344 g/mol. The van der Waals surface area contributed by atoms with Crippen molar-refractivity contribution in [1.29, 1.82) is 0 Å². The molecular formula is C15H13Cl3N2O. The highest BCUT2D eigenvalue weighted by Crippen LogP contribution is 2.29. The van der Waals surface area contributed by atoms with Gasteiger partial charge >= 0.3 is 0 Å². The number of rotatable bonds is 3. The number of amides is 1. The number of carbonyl (C=O) groups excluding carboxylic acids is 1. The SMILES string of the molecule is CN(Cc1cccc(Cl)c1)C(=O)c1cc(N)c(Cl)c(Cl)c1. The average Bonchev–Trinajstić information content (AvgIpc) is 2.43. The van der Waals surface area contributed by atoms with Crippen molar-refractivity contribution in [2.24, 2.45) is 0 Å². The van der Waals surface area contributed by atoms with Gasteiger partial charge in [0.25, 0.3) is 5.91 Å². The van der Waals surface area contributed by atoms with E-state index in [9.17, 15) is 4.79 Å². The lowest BCUT2D eigenvalue weighted by atomic mass is 10.1. The molecule has 2 N–H and O–H groups in total. The molecule has 3 nitrogen and oxygen atoms in total. The summed E-state index contributed by atoms with van der Waals surface area (Å²) in [7, 11) is 1.70. The van der Waals surface area contributed by atoms with Crippen molar-refractivity contribution in [1.82, 2.24) is 4.90 Å². The number of halogens is 3. The number of benzene rings is 2. The second kappa shape index (κ2) is 6.56. The second-order valence-electron chi connectivity index (χ2n) is 4.65. The first-order valence-corrected chi connectivity index (χ1v) is 7.26. The number of anilines is 1. The zero-order chi connectivity index (χ0) is 15.6. The van der Waals surface area contributed by atoms with Gasteiger partial charge in [-0.3, -0.25) is 4.79 Å². The van der Waals surface area contributed by atoms with E-state index in [0.29, 0.717) is 17.1 Å². The fourth-order valence-electron chi connectivity index (χ4n) is 1.94. The topological polar surface area (TPSA) is 46.3 Å². The smallest absolute Gasteiger partial charge is 0.254 e. The lowest BCUT2D eigenvalue weighted by molar-refractivity contribution is 0.0785. The molecule has 0 unspecified atom stereocenters. The fourth-order valence-corrected chi connectivity index (χ4v) is 2.48. The van der Waals surface area contributed by atoms with Gasteiger partial charge in [0.1, 0.15) is 0 Å². The molecule has 21 heavy (non-hydrogen) atoms. The van der Waals surface area contributed by atoms with Gasteiger partial charge in [0.05, 0.1) is 15.7 Å². The first kappa shape index (κ1) is 16.0. The summed E-state index contributed by atoms with van der Waals surface area (Å²) in [5, 5.41) is 1.15. The number of nitrogen functional groups attached to an aromatic ring is 1. The molecule has 0 saturated carbocycles. The van der Waals surface area contributed by atoms with Crippen molar-refractivity contribution in [3.8, 4) is 0 Å². The van der Waals surface area contributed by atoms with Crippen molar-refractivity contribution in [2.75, 3.05) is 12.8 Å². The van der Waals surface area contributed by atoms with Crippen LogP contribution in [-0.2, 0) is 6.54 Å². The maximum Gasteiger partial charge on any atom is 0.254 e. The molecule has 0 bridgehead atoms. The van der Waals surface area contributed by atoms with Crippen LogP contribution in [0.15, 0.2) is 36.4 Å². The molecule has 0 aliphatic heterocycles. The van der Waals surface area contributed by atoms with Crippen LogP contribution < -0.4 is 5.73 Å². The molecule has 0 heterocycles. The molecule has 0 fully saturated rings. The Morgan fingerprint density at radius 1 is 1.19 bits per heavy atom. The van der Waals surface area contributed by atoms with E-state index in [-0.39, 0.29) is 21.6 Å². The van der Waals surface area contributed by atoms with Crippen LogP contribution >= 0.6 is 34.8 Å².